The van der Waals surface area contributed by atoms with Crippen molar-refractivity contribution in [2.24, 2.45) is 11.8 Å². The zero-order valence-corrected chi connectivity index (χ0v) is 11.1. The van der Waals surface area contributed by atoms with E-state index in [-0.39, 0.29) is 6.61 Å². The monoisotopic (exact) mass is 240 g/mol. The van der Waals surface area contributed by atoms with E-state index in [4.69, 9.17) is 5.11 Å². The number of aromatic nitrogens is 3. The Morgan fingerprint density at radius 3 is 2.82 bits per heavy atom. The first kappa shape index (κ1) is 14.1. The largest absolute Gasteiger partial charge is 0.396 e. The van der Waals surface area contributed by atoms with Crippen molar-refractivity contribution in [3.8, 4) is 0 Å². The molecule has 2 N–H and O–H groups in total. The van der Waals surface area contributed by atoms with Crippen molar-refractivity contribution in [3.05, 3.63) is 12.2 Å². The van der Waals surface area contributed by atoms with E-state index in [2.05, 4.69) is 36.2 Å². The fourth-order valence-corrected chi connectivity index (χ4v) is 1.68. The summed E-state index contributed by atoms with van der Waals surface area (Å²) in [4.78, 5) is 4.25. The molecule has 0 saturated heterocycles. The van der Waals surface area contributed by atoms with Crippen molar-refractivity contribution < 1.29 is 5.11 Å². The van der Waals surface area contributed by atoms with Gasteiger partial charge in [-0.25, -0.2) is 9.67 Å². The molecule has 0 amide bonds. The van der Waals surface area contributed by atoms with Crippen LogP contribution in [0.25, 0.3) is 0 Å². The highest BCUT2D eigenvalue weighted by Crippen LogP contribution is 2.02. The summed E-state index contributed by atoms with van der Waals surface area (Å²) in [5.41, 5.74) is 0. The average molecular weight is 240 g/mol. The Morgan fingerprint density at radius 1 is 1.41 bits per heavy atom. The minimum atomic E-state index is 0.256. The zero-order chi connectivity index (χ0) is 12.7. The lowest BCUT2D eigenvalue weighted by Crippen LogP contribution is -2.24. The molecule has 1 rings (SSSR count). The zero-order valence-electron chi connectivity index (χ0n) is 11.1. The molecule has 0 aromatic carbocycles. The second-order valence-corrected chi connectivity index (χ2v) is 5.00. The molecule has 0 bridgehead atoms. The van der Waals surface area contributed by atoms with Crippen molar-refractivity contribution in [2.75, 3.05) is 13.2 Å². The van der Waals surface area contributed by atoms with Crippen molar-refractivity contribution in [3.63, 3.8) is 0 Å². The van der Waals surface area contributed by atoms with Crippen LogP contribution in [0.3, 0.4) is 0 Å². The van der Waals surface area contributed by atoms with Crippen LogP contribution in [-0.2, 0) is 13.1 Å². The van der Waals surface area contributed by atoms with Gasteiger partial charge in [-0.2, -0.15) is 5.10 Å². The number of nitrogens with one attached hydrogen (secondary N) is 1. The molecule has 5 heteroatoms. The van der Waals surface area contributed by atoms with Crippen LogP contribution in [0.4, 0.5) is 0 Å². The lowest BCUT2D eigenvalue weighted by atomic mass is 10.1. The molecule has 1 atom stereocenters. The summed E-state index contributed by atoms with van der Waals surface area (Å²) in [5.74, 6) is 2.04. The summed E-state index contributed by atoms with van der Waals surface area (Å²) < 4.78 is 1.95. The molecular formula is C12H24N4O. The van der Waals surface area contributed by atoms with Gasteiger partial charge in [-0.15, -0.1) is 0 Å². The molecule has 1 unspecified atom stereocenters. The van der Waals surface area contributed by atoms with Gasteiger partial charge in [0.1, 0.15) is 12.2 Å². The van der Waals surface area contributed by atoms with Crippen molar-refractivity contribution >= 4 is 0 Å². The Morgan fingerprint density at radius 2 is 2.18 bits per heavy atom. The lowest BCUT2D eigenvalue weighted by Gasteiger charge is -2.12. The van der Waals surface area contributed by atoms with E-state index in [1.165, 1.54) is 0 Å². The van der Waals surface area contributed by atoms with E-state index < -0.39 is 0 Å². The molecule has 0 fully saturated rings. The van der Waals surface area contributed by atoms with Crippen LogP contribution in [0.15, 0.2) is 6.33 Å². The van der Waals surface area contributed by atoms with Gasteiger partial charge in [-0.3, -0.25) is 0 Å². The molecule has 17 heavy (non-hydrogen) atoms. The molecule has 0 spiro atoms. The maximum atomic E-state index is 8.81. The average Bonchev–Trinajstić information content (AvgIpc) is 2.65. The quantitative estimate of drug-likeness (QED) is 0.713. The Labute approximate surface area is 103 Å². The topological polar surface area (TPSA) is 63.0 Å². The van der Waals surface area contributed by atoms with E-state index in [0.29, 0.717) is 11.8 Å². The predicted octanol–water partition coefficient (Wildman–Crippen LogP) is 1.04. The summed E-state index contributed by atoms with van der Waals surface area (Å²) in [6.45, 7) is 9.26. The standard InChI is InChI=1S/C12H24N4O/c1-10(2)8-16-12(14-9-15-16)7-13-6-11(3)4-5-17/h9-11,13,17H,4-8H2,1-3H3. The highest BCUT2D eigenvalue weighted by atomic mass is 16.3. The fourth-order valence-electron chi connectivity index (χ4n) is 1.68. The number of rotatable bonds is 8. The number of hydrogen-bond donors (Lipinski definition) is 2. The Hall–Kier alpha value is -0.940. The summed E-state index contributed by atoms with van der Waals surface area (Å²) in [6, 6.07) is 0. The third kappa shape index (κ3) is 5.28. The molecule has 1 aromatic heterocycles. The minimum Gasteiger partial charge on any atom is -0.396 e. The molecule has 5 nitrogen and oxygen atoms in total. The SMILES string of the molecule is CC(C)Cn1ncnc1CNCC(C)CCO. The van der Waals surface area contributed by atoms with Gasteiger partial charge in [0, 0.05) is 13.2 Å². The molecule has 0 aliphatic heterocycles. The smallest absolute Gasteiger partial charge is 0.140 e. The molecule has 98 valence electrons. The first-order valence-corrected chi connectivity index (χ1v) is 6.31. The minimum absolute atomic E-state index is 0.256. The third-order valence-electron chi connectivity index (χ3n) is 2.63. The number of aliphatic hydroxyl groups is 1. The van der Waals surface area contributed by atoms with E-state index in [1.807, 2.05) is 4.68 Å². The van der Waals surface area contributed by atoms with Crippen LogP contribution in [0.5, 0.6) is 0 Å². The van der Waals surface area contributed by atoms with Crippen LogP contribution >= 0.6 is 0 Å². The fraction of sp³-hybridized carbons (Fsp3) is 0.833. The Bertz CT molecular complexity index is 311. The normalized spacial score (nSPS) is 13.2. The highest BCUT2D eigenvalue weighted by Gasteiger charge is 2.06. The highest BCUT2D eigenvalue weighted by molar-refractivity contribution is 4.84. The molecule has 1 aromatic rings. The van der Waals surface area contributed by atoms with Crippen molar-refractivity contribution in [2.45, 2.75) is 40.3 Å². The van der Waals surface area contributed by atoms with E-state index >= 15 is 0 Å². The number of hydrogen-bond acceptors (Lipinski definition) is 4. The number of nitrogens with zero attached hydrogens (tertiary/aromatic N) is 3. The summed E-state index contributed by atoms with van der Waals surface area (Å²) in [6.07, 6.45) is 2.45. The van der Waals surface area contributed by atoms with Gasteiger partial charge in [0.15, 0.2) is 0 Å². The molecule has 0 aliphatic carbocycles. The van der Waals surface area contributed by atoms with Gasteiger partial charge in [-0.1, -0.05) is 20.8 Å². The van der Waals surface area contributed by atoms with Gasteiger partial charge in [0.2, 0.25) is 0 Å². The second-order valence-electron chi connectivity index (χ2n) is 5.00. The molecule has 0 radical (unpaired) electrons. The second kappa shape index (κ2) is 7.40. The Kier molecular flexibility index (Phi) is 6.15. The van der Waals surface area contributed by atoms with Crippen LogP contribution in [0.1, 0.15) is 33.0 Å². The predicted molar refractivity (Wildman–Crippen MR) is 67.4 cm³/mol. The molecule has 0 saturated carbocycles. The first-order chi connectivity index (χ1) is 8.13. The summed E-state index contributed by atoms with van der Waals surface area (Å²) >= 11 is 0. The van der Waals surface area contributed by atoms with Gasteiger partial charge < -0.3 is 10.4 Å². The maximum absolute atomic E-state index is 8.81. The molecule has 0 aliphatic rings. The van der Waals surface area contributed by atoms with Crippen LogP contribution in [0, 0.1) is 11.8 Å². The van der Waals surface area contributed by atoms with Gasteiger partial charge in [0.05, 0.1) is 6.54 Å². The lowest BCUT2D eigenvalue weighted by molar-refractivity contribution is 0.259. The van der Waals surface area contributed by atoms with Crippen molar-refractivity contribution in [1.82, 2.24) is 20.1 Å². The third-order valence-corrected chi connectivity index (χ3v) is 2.63. The summed E-state index contributed by atoms with van der Waals surface area (Å²) in [7, 11) is 0. The first-order valence-electron chi connectivity index (χ1n) is 6.31. The van der Waals surface area contributed by atoms with Crippen LogP contribution in [-0.4, -0.2) is 33.0 Å². The van der Waals surface area contributed by atoms with Gasteiger partial charge in [0.25, 0.3) is 0 Å². The Balaban J connectivity index is 2.33. The van der Waals surface area contributed by atoms with Crippen LogP contribution < -0.4 is 5.32 Å². The van der Waals surface area contributed by atoms with E-state index in [1.54, 1.807) is 6.33 Å². The van der Waals surface area contributed by atoms with E-state index in [0.717, 1.165) is 31.9 Å². The summed E-state index contributed by atoms with van der Waals surface area (Å²) in [5, 5.41) is 16.4. The maximum Gasteiger partial charge on any atom is 0.140 e. The van der Waals surface area contributed by atoms with Gasteiger partial charge >= 0.3 is 0 Å². The van der Waals surface area contributed by atoms with Gasteiger partial charge in [-0.05, 0) is 24.8 Å². The van der Waals surface area contributed by atoms with Crippen molar-refractivity contribution in [1.29, 1.82) is 0 Å². The molecular weight excluding hydrogens is 216 g/mol. The van der Waals surface area contributed by atoms with E-state index in [9.17, 15) is 0 Å². The van der Waals surface area contributed by atoms with Crippen LogP contribution in [0.2, 0.25) is 0 Å². The molecule has 1 heterocycles. The number of aliphatic hydroxyl groups excluding tert-OH is 1.